The van der Waals surface area contributed by atoms with Crippen molar-refractivity contribution in [3.05, 3.63) is 0 Å². The van der Waals surface area contributed by atoms with E-state index in [-0.39, 0.29) is 5.60 Å². The molecule has 4 saturated carbocycles. The first-order valence-corrected chi connectivity index (χ1v) is 13.3. The Morgan fingerprint density at radius 1 is 0.933 bits per heavy atom. The van der Waals surface area contributed by atoms with E-state index in [1.165, 1.54) is 57.8 Å². The molecule has 0 radical (unpaired) electrons. The molecule has 0 unspecified atom stereocenters. The third-order valence-corrected chi connectivity index (χ3v) is 10.9. The number of carbonyl (C=O) groups excluding carboxylic acids is 1. The van der Waals surface area contributed by atoms with Gasteiger partial charge in [0.25, 0.3) is 0 Å². The zero-order valence-corrected chi connectivity index (χ0v) is 20.7. The molecule has 0 aliphatic heterocycles. The van der Waals surface area contributed by atoms with Crippen molar-refractivity contribution < 1.29 is 9.53 Å². The average molecular weight is 417 g/mol. The van der Waals surface area contributed by atoms with Gasteiger partial charge in [0.1, 0.15) is 5.78 Å². The van der Waals surface area contributed by atoms with Crippen molar-refractivity contribution in [3.8, 4) is 0 Å². The van der Waals surface area contributed by atoms with Crippen LogP contribution in [0, 0.1) is 52.8 Å². The van der Waals surface area contributed by atoms with E-state index in [1.54, 1.807) is 0 Å². The second-order valence-corrected chi connectivity index (χ2v) is 12.7. The Morgan fingerprint density at radius 3 is 2.40 bits per heavy atom. The van der Waals surface area contributed by atoms with E-state index in [9.17, 15) is 4.79 Å². The fourth-order valence-corrected chi connectivity index (χ4v) is 9.31. The van der Waals surface area contributed by atoms with E-state index in [4.69, 9.17) is 4.74 Å². The Labute approximate surface area is 186 Å². The van der Waals surface area contributed by atoms with Crippen LogP contribution < -0.4 is 0 Å². The first-order valence-electron chi connectivity index (χ1n) is 13.3. The number of ketones is 1. The Balaban J connectivity index is 1.53. The highest BCUT2D eigenvalue weighted by atomic mass is 16.5. The summed E-state index contributed by atoms with van der Waals surface area (Å²) in [5.41, 5.74) is 0.433. The topological polar surface area (TPSA) is 26.3 Å². The molecule has 0 amide bonds. The Morgan fingerprint density at radius 2 is 1.70 bits per heavy atom. The lowest BCUT2D eigenvalue weighted by Crippen LogP contribution is -2.53. The lowest BCUT2D eigenvalue weighted by molar-refractivity contribution is -0.142. The molecular weight excluding hydrogens is 368 g/mol. The third kappa shape index (κ3) is 3.71. The summed E-state index contributed by atoms with van der Waals surface area (Å²) in [6.07, 6.45) is 14.0. The standard InChI is InChI=1S/C28H48O2/c1-18(2)8-7-9-19(3)23-12-13-24-22-11-10-20-16-21(29)17-26(20)28(5,30-6)25(22)14-15-27(23,24)4/h18-20,22-26H,7-17H2,1-6H3/t19-,20-,22+,23-,24+,25+,26+,27-,28+/m1/s1. The molecule has 4 aliphatic rings. The summed E-state index contributed by atoms with van der Waals surface area (Å²) in [6.45, 7) is 12.3. The smallest absolute Gasteiger partial charge is 0.133 e. The molecule has 2 nitrogen and oxygen atoms in total. The van der Waals surface area contributed by atoms with Gasteiger partial charge in [-0.3, -0.25) is 4.79 Å². The van der Waals surface area contributed by atoms with Crippen molar-refractivity contribution in [1.29, 1.82) is 0 Å². The number of rotatable bonds is 6. The monoisotopic (exact) mass is 416 g/mol. The molecule has 30 heavy (non-hydrogen) atoms. The van der Waals surface area contributed by atoms with Gasteiger partial charge in [-0.25, -0.2) is 0 Å². The van der Waals surface area contributed by atoms with E-state index >= 15 is 0 Å². The zero-order valence-electron chi connectivity index (χ0n) is 20.7. The molecule has 0 aromatic carbocycles. The Hall–Kier alpha value is -0.370. The van der Waals surface area contributed by atoms with Gasteiger partial charge in [0.15, 0.2) is 0 Å². The van der Waals surface area contributed by atoms with Crippen molar-refractivity contribution in [1.82, 2.24) is 0 Å². The van der Waals surface area contributed by atoms with Gasteiger partial charge < -0.3 is 4.74 Å². The second-order valence-electron chi connectivity index (χ2n) is 12.7. The molecule has 9 atom stereocenters. The summed E-state index contributed by atoms with van der Waals surface area (Å²) >= 11 is 0. The summed E-state index contributed by atoms with van der Waals surface area (Å²) in [5, 5.41) is 0. The fourth-order valence-electron chi connectivity index (χ4n) is 9.31. The van der Waals surface area contributed by atoms with Crippen molar-refractivity contribution in [2.75, 3.05) is 7.11 Å². The number of carbonyl (C=O) groups is 1. The number of fused-ring (bicyclic) bond motifs is 4. The highest BCUT2D eigenvalue weighted by Gasteiger charge is 2.61. The highest BCUT2D eigenvalue weighted by molar-refractivity contribution is 5.81. The van der Waals surface area contributed by atoms with Crippen LogP contribution in [-0.4, -0.2) is 18.5 Å². The van der Waals surface area contributed by atoms with Gasteiger partial charge in [0, 0.05) is 20.0 Å². The molecular formula is C28H48O2. The molecule has 0 bridgehead atoms. The summed E-state index contributed by atoms with van der Waals surface area (Å²) in [6, 6.07) is 0. The van der Waals surface area contributed by atoms with Crippen LogP contribution in [0.5, 0.6) is 0 Å². The summed E-state index contributed by atoms with van der Waals surface area (Å²) in [7, 11) is 1.93. The quantitative estimate of drug-likeness (QED) is 0.454. The van der Waals surface area contributed by atoms with E-state index in [0.29, 0.717) is 29.0 Å². The average Bonchev–Trinajstić information content (AvgIpc) is 3.22. The van der Waals surface area contributed by atoms with Crippen LogP contribution in [0.15, 0.2) is 0 Å². The lowest BCUT2D eigenvalue weighted by atomic mass is 9.53. The Bertz CT molecular complexity index is 626. The predicted molar refractivity (Wildman–Crippen MR) is 124 cm³/mol. The second kappa shape index (κ2) is 8.53. The number of hydrogen-bond donors (Lipinski definition) is 0. The van der Waals surface area contributed by atoms with Gasteiger partial charge in [0.05, 0.1) is 5.60 Å². The maximum atomic E-state index is 12.3. The van der Waals surface area contributed by atoms with Gasteiger partial charge in [-0.15, -0.1) is 0 Å². The van der Waals surface area contributed by atoms with Gasteiger partial charge in [-0.1, -0.05) is 47.0 Å². The van der Waals surface area contributed by atoms with Crippen molar-refractivity contribution >= 4 is 5.78 Å². The summed E-state index contributed by atoms with van der Waals surface area (Å²) < 4.78 is 6.37. The molecule has 0 heterocycles. The van der Waals surface area contributed by atoms with Gasteiger partial charge in [-0.2, -0.15) is 0 Å². The maximum Gasteiger partial charge on any atom is 0.133 e. The van der Waals surface area contributed by atoms with Gasteiger partial charge in [0.2, 0.25) is 0 Å². The van der Waals surface area contributed by atoms with Crippen LogP contribution in [0.4, 0.5) is 0 Å². The Kier molecular flexibility index (Phi) is 6.48. The fraction of sp³-hybridized carbons (Fsp3) is 0.964. The van der Waals surface area contributed by atoms with Crippen molar-refractivity contribution in [2.45, 2.75) is 111 Å². The predicted octanol–water partition coefficient (Wildman–Crippen LogP) is 7.30. The minimum absolute atomic E-state index is 0.0969. The number of hydrogen-bond acceptors (Lipinski definition) is 2. The van der Waals surface area contributed by atoms with Crippen LogP contribution in [0.25, 0.3) is 0 Å². The van der Waals surface area contributed by atoms with Gasteiger partial charge >= 0.3 is 0 Å². The lowest BCUT2D eigenvalue weighted by Gasteiger charge is -2.54. The molecule has 0 spiro atoms. The number of methoxy groups -OCH3 is 1. The van der Waals surface area contributed by atoms with Gasteiger partial charge in [-0.05, 0) is 98.2 Å². The number of Topliss-reactive ketones (excluding diaryl/α,β-unsaturated/α-hetero) is 1. The molecule has 4 aliphatic carbocycles. The molecule has 4 fully saturated rings. The molecule has 2 heteroatoms. The summed E-state index contributed by atoms with van der Waals surface area (Å²) in [4.78, 5) is 12.3. The van der Waals surface area contributed by atoms with Crippen molar-refractivity contribution in [2.24, 2.45) is 52.8 Å². The SMILES string of the molecule is CO[C@]1(C)[C@H]2CC(=O)C[C@H]2CC[C@H]2[C@@H]3CC[C@H]([C@H](C)CCCC(C)C)[C@@]3(C)CC[C@@H]21. The largest absolute Gasteiger partial charge is 0.378 e. The van der Waals surface area contributed by atoms with E-state index < -0.39 is 0 Å². The molecule has 0 N–H and O–H groups in total. The zero-order chi connectivity index (χ0) is 21.7. The molecule has 4 rings (SSSR count). The minimum Gasteiger partial charge on any atom is -0.378 e. The first-order chi connectivity index (χ1) is 14.2. The summed E-state index contributed by atoms with van der Waals surface area (Å²) in [5.74, 6) is 6.47. The van der Waals surface area contributed by atoms with E-state index in [0.717, 1.165) is 42.4 Å². The van der Waals surface area contributed by atoms with E-state index in [1.807, 2.05) is 7.11 Å². The van der Waals surface area contributed by atoms with Crippen LogP contribution in [0.2, 0.25) is 0 Å². The molecule has 0 saturated heterocycles. The van der Waals surface area contributed by atoms with Crippen LogP contribution in [-0.2, 0) is 9.53 Å². The van der Waals surface area contributed by atoms with Crippen LogP contribution >= 0.6 is 0 Å². The molecule has 172 valence electrons. The molecule has 0 aromatic heterocycles. The highest BCUT2D eigenvalue weighted by Crippen LogP contribution is 2.66. The maximum absolute atomic E-state index is 12.3. The van der Waals surface area contributed by atoms with Crippen molar-refractivity contribution in [3.63, 3.8) is 0 Å². The van der Waals surface area contributed by atoms with E-state index in [2.05, 4.69) is 34.6 Å². The minimum atomic E-state index is -0.0969. The third-order valence-electron chi connectivity index (χ3n) is 10.9. The normalized spacial score (nSPS) is 47.0. The molecule has 0 aromatic rings. The first kappa shape index (κ1) is 22.8. The van der Waals surface area contributed by atoms with Crippen LogP contribution in [0.3, 0.4) is 0 Å². The number of ether oxygens (including phenoxy) is 1. The van der Waals surface area contributed by atoms with Crippen LogP contribution in [0.1, 0.15) is 105 Å².